The predicted octanol–water partition coefficient (Wildman–Crippen LogP) is 3.49. The molecule has 1 aromatic heterocycles. The molecule has 2 unspecified atom stereocenters. The number of hydrogen-bond donors (Lipinski definition) is 1. The number of anilines is 1. The number of piperidine rings is 1. The molecule has 0 radical (unpaired) electrons. The summed E-state index contributed by atoms with van der Waals surface area (Å²) in [5, 5.41) is 2.83. The molecule has 0 aliphatic carbocycles. The Morgan fingerprint density at radius 1 is 1.26 bits per heavy atom. The second kappa shape index (κ2) is 8.99. The van der Waals surface area contributed by atoms with Crippen molar-refractivity contribution in [2.75, 3.05) is 18.4 Å². The molecular formula is C20H22BrN3O3. The second-order valence-corrected chi connectivity index (χ2v) is 7.46. The molecule has 0 saturated carbocycles. The molecule has 1 aliphatic heterocycles. The smallest absolute Gasteiger partial charge is 0.263 e. The maximum absolute atomic E-state index is 12.7. The van der Waals surface area contributed by atoms with Gasteiger partial charge in [0.05, 0.1) is 5.92 Å². The molecule has 7 heteroatoms. The summed E-state index contributed by atoms with van der Waals surface area (Å²) in [6.07, 6.45) is 2.58. The van der Waals surface area contributed by atoms with Crippen LogP contribution in [-0.2, 0) is 9.59 Å². The summed E-state index contributed by atoms with van der Waals surface area (Å²) in [7, 11) is 0. The van der Waals surface area contributed by atoms with Gasteiger partial charge < -0.3 is 15.0 Å². The van der Waals surface area contributed by atoms with E-state index >= 15 is 0 Å². The number of benzene rings is 1. The molecule has 3 rings (SSSR count). The predicted molar refractivity (Wildman–Crippen MR) is 106 cm³/mol. The van der Waals surface area contributed by atoms with E-state index in [0.717, 1.165) is 17.3 Å². The van der Waals surface area contributed by atoms with Gasteiger partial charge in [0.2, 0.25) is 5.91 Å². The van der Waals surface area contributed by atoms with Gasteiger partial charge in [-0.25, -0.2) is 4.98 Å². The molecule has 2 amide bonds. The van der Waals surface area contributed by atoms with Gasteiger partial charge in [-0.05, 0) is 60.0 Å². The largest absolute Gasteiger partial charge is 0.481 e. The quantitative estimate of drug-likeness (QED) is 0.786. The summed E-state index contributed by atoms with van der Waals surface area (Å²) in [5.74, 6) is 0.701. The zero-order chi connectivity index (χ0) is 19.2. The highest BCUT2D eigenvalue weighted by Gasteiger charge is 2.31. The summed E-state index contributed by atoms with van der Waals surface area (Å²) in [6.45, 7) is 2.77. The van der Waals surface area contributed by atoms with E-state index < -0.39 is 6.10 Å². The van der Waals surface area contributed by atoms with Gasteiger partial charge >= 0.3 is 0 Å². The number of pyridine rings is 1. The van der Waals surface area contributed by atoms with Crippen molar-refractivity contribution >= 4 is 33.6 Å². The Morgan fingerprint density at radius 3 is 2.74 bits per heavy atom. The van der Waals surface area contributed by atoms with Crippen LogP contribution in [0.15, 0.2) is 53.1 Å². The standard InChI is InChI=1S/C20H22BrN3O3/c1-14(27-17-7-3-2-4-8-17)20(26)24-11-5-6-15(13-24)19(25)23-18-10-9-16(21)12-22-18/h2-4,7-10,12,14-15H,5-6,11,13H2,1H3,(H,22,23,25). The number of nitrogens with zero attached hydrogens (tertiary/aromatic N) is 2. The Morgan fingerprint density at radius 2 is 2.04 bits per heavy atom. The van der Waals surface area contributed by atoms with E-state index in [-0.39, 0.29) is 17.7 Å². The number of rotatable bonds is 5. The monoisotopic (exact) mass is 431 g/mol. The van der Waals surface area contributed by atoms with E-state index in [4.69, 9.17) is 4.74 Å². The first-order chi connectivity index (χ1) is 13.0. The van der Waals surface area contributed by atoms with Gasteiger partial charge in [0, 0.05) is 23.8 Å². The van der Waals surface area contributed by atoms with E-state index in [1.807, 2.05) is 36.4 Å². The first kappa shape index (κ1) is 19.4. The Labute approximate surface area is 167 Å². The van der Waals surface area contributed by atoms with Crippen LogP contribution in [0.4, 0.5) is 5.82 Å². The molecule has 2 aromatic rings. The molecule has 1 fully saturated rings. The zero-order valence-corrected chi connectivity index (χ0v) is 16.7. The molecule has 0 bridgehead atoms. The van der Waals surface area contributed by atoms with Gasteiger partial charge in [0.15, 0.2) is 6.10 Å². The van der Waals surface area contributed by atoms with Gasteiger partial charge in [-0.2, -0.15) is 0 Å². The Kier molecular flexibility index (Phi) is 6.45. The summed E-state index contributed by atoms with van der Waals surface area (Å²) >= 11 is 3.32. The average molecular weight is 432 g/mol. The van der Waals surface area contributed by atoms with Gasteiger partial charge in [-0.3, -0.25) is 9.59 Å². The maximum Gasteiger partial charge on any atom is 0.263 e. The van der Waals surface area contributed by atoms with Crippen molar-refractivity contribution in [2.24, 2.45) is 5.92 Å². The number of likely N-dealkylation sites (tertiary alicyclic amines) is 1. The topological polar surface area (TPSA) is 71.5 Å². The van der Waals surface area contributed by atoms with E-state index in [2.05, 4.69) is 26.2 Å². The zero-order valence-electron chi connectivity index (χ0n) is 15.1. The molecule has 1 N–H and O–H groups in total. The second-order valence-electron chi connectivity index (χ2n) is 6.55. The minimum absolute atomic E-state index is 0.0990. The van der Waals surface area contributed by atoms with E-state index in [0.29, 0.717) is 24.7 Å². The molecule has 1 aromatic carbocycles. The molecule has 2 heterocycles. The van der Waals surface area contributed by atoms with Crippen LogP contribution in [0, 0.1) is 5.92 Å². The highest BCUT2D eigenvalue weighted by molar-refractivity contribution is 9.10. The van der Waals surface area contributed by atoms with E-state index in [9.17, 15) is 9.59 Å². The number of amides is 2. The normalized spacial score (nSPS) is 17.9. The maximum atomic E-state index is 12.7. The third-order valence-corrected chi connectivity index (χ3v) is 4.96. The molecule has 1 saturated heterocycles. The Bertz CT molecular complexity index is 783. The minimum Gasteiger partial charge on any atom is -0.481 e. The number of nitrogens with one attached hydrogen (secondary N) is 1. The fourth-order valence-corrected chi connectivity index (χ4v) is 3.31. The first-order valence-electron chi connectivity index (χ1n) is 8.96. The van der Waals surface area contributed by atoms with Crippen LogP contribution in [0.2, 0.25) is 0 Å². The van der Waals surface area contributed by atoms with Crippen molar-refractivity contribution in [1.82, 2.24) is 9.88 Å². The number of aromatic nitrogens is 1. The van der Waals surface area contributed by atoms with Crippen LogP contribution in [0.1, 0.15) is 19.8 Å². The summed E-state index contributed by atoms with van der Waals surface area (Å²) in [5.41, 5.74) is 0. The van der Waals surface area contributed by atoms with Gasteiger partial charge in [-0.1, -0.05) is 18.2 Å². The number of para-hydroxylation sites is 1. The van der Waals surface area contributed by atoms with Gasteiger partial charge in [-0.15, -0.1) is 0 Å². The molecule has 6 nitrogen and oxygen atoms in total. The molecule has 2 atom stereocenters. The van der Waals surface area contributed by atoms with Crippen LogP contribution in [-0.4, -0.2) is 40.9 Å². The summed E-state index contributed by atoms with van der Waals surface area (Å²) in [4.78, 5) is 31.1. The number of hydrogen-bond acceptors (Lipinski definition) is 4. The Balaban J connectivity index is 1.57. The van der Waals surface area contributed by atoms with Crippen LogP contribution in [0.25, 0.3) is 0 Å². The lowest BCUT2D eigenvalue weighted by Crippen LogP contribution is -2.48. The van der Waals surface area contributed by atoms with Crippen molar-refractivity contribution in [3.63, 3.8) is 0 Å². The van der Waals surface area contributed by atoms with Crippen LogP contribution >= 0.6 is 15.9 Å². The molecule has 27 heavy (non-hydrogen) atoms. The lowest BCUT2D eigenvalue weighted by molar-refractivity contribution is -0.140. The molecular weight excluding hydrogens is 410 g/mol. The summed E-state index contributed by atoms with van der Waals surface area (Å²) in [6, 6.07) is 12.8. The number of halogens is 1. The van der Waals surface area contributed by atoms with Gasteiger partial charge in [0.25, 0.3) is 5.91 Å². The van der Waals surface area contributed by atoms with Gasteiger partial charge in [0.1, 0.15) is 11.6 Å². The lowest BCUT2D eigenvalue weighted by atomic mass is 9.96. The fourth-order valence-electron chi connectivity index (χ4n) is 3.08. The number of ether oxygens (including phenoxy) is 1. The van der Waals surface area contributed by atoms with Crippen molar-refractivity contribution in [2.45, 2.75) is 25.9 Å². The third kappa shape index (κ3) is 5.29. The highest BCUT2D eigenvalue weighted by Crippen LogP contribution is 2.21. The van der Waals surface area contributed by atoms with Crippen LogP contribution < -0.4 is 10.1 Å². The lowest BCUT2D eigenvalue weighted by Gasteiger charge is -2.33. The van der Waals surface area contributed by atoms with Crippen molar-refractivity contribution in [3.8, 4) is 5.75 Å². The SMILES string of the molecule is CC(Oc1ccccc1)C(=O)N1CCCC(C(=O)Nc2ccc(Br)cn2)C1. The third-order valence-electron chi connectivity index (χ3n) is 4.49. The fraction of sp³-hybridized carbons (Fsp3) is 0.350. The van der Waals surface area contributed by atoms with E-state index in [1.54, 1.807) is 24.1 Å². The van der Waals surface area contributed by atoms with Crippen LogP contribution in [0.5, 0.6) is 5.75 Å². The number of carbonyl (C=O) groups is 2. The van der Waals surface area contributed by atoms with Crippen molar-refractivity contribution in [1.29, 1.82) is 0 Å². The molecule has 0 spiro atoms. The Hall–Kier alpha value is -2.41. The molecule has 142 valence electrons. The van der Waals surface area contributed by atoms with Crippen molar-refractivity contribution < 1.29 is 14.3 Å². The average Bonchev–Trinajstić information content (AvgIpc) is 2.70. The van der Waals surface area contributed by atoms with Crippen LogP contribution in [0.3, 0.4) is 0 Å². The first-order valence-corrected chi connectivity index (χ1v) is 9.75. The summed E-state index contributed by atoms with van der Waals surface area (Å²) < 4.78 is 6.58. The number of carbonyl (C=O) groups excluding carboxylic acids is 2. The minimum atomic E-state index is -0.595. The molecule has 1 aliphatic rings. The highest BCUT2D eigenvalue weighted by atomic mass is 79.9. The van der Waals surface area contributed by atoms with E-state index in [1.165, 1.54) is 0 Å². The van der Waals surface area contributed by atoms with Crippen molar-refractivity contribution in [3.05, 3.63) is 53.1 Å².